The van der Waals surface area contributed by atoms with Crippen LogP contribution in [0.25, 0.3) is 0 Å². The summed E-state index contributed by atoms with van der Waals surface area (Å²) >= 11 is 0. The number of hydrogen-bond acceptors (Lipinski definition) is 4. The average Bonchev–Trinajstić information content (AvgIpc) is 3.36. The van der Waals surface area contributed by atoms with Crippen LogP contribution in [0.5, 0.6) is 5.75 Å². The molecule has 0 spiro atoms. The maximum absolute atomic E-state index is 11.7. The van der Waals surface area contributed by atoms with E-state index >= 15 is 0 Å². The SMILES string of the molecule is CC(C)(CNC(=O)COc1cccc(NC(=O)C2CC2)c1)C(=O)O. The molecule has 2 rings (SSSR count). The van der Waals surface area contributed by atoms with Gasteiger partial charge in [0.05, 0.1) is 5.41 Å². The molecule has 130 valence electrons. The lowest BCUT2D eigenvalue weighted by Crippen LogP contribution is -2.40. The number of anilines is 1. The second kappa shape index (κ2) is 7.33. The van der Waals surface area contributed by atoms with E-state index in [4.69, 9.17) is 9.84 Å². The van der Waals surface area contributed by atoms with Crippen LogP contribution < -0.4 is 15.4 Å². The quantitative estimate of drug-likeness (QED) is 0.670. The molecule has 0 aromatic heterocycles. The number of rotatable bonds is 8. The van der Waals surface area contributed by atoms with E-state index in [1.165, 1.54) is 13.8 Å². The van der Waals surface area contributed by atoms with E-state index in [1.54, 1.807) is 24.3 Å². The monoisotopic (exact) mass is 334 g/mol. The third-order valence-electron chi connectivity index (χ3n) is 3.73. The minimum atomic E-state index is -1.04. The van der Waals surface area contributed by atoms with E-state index in [9.17, 15) is 14.4 Å². The number of hydrogen-bond donors (Lipinski definition) is 3. The first kappa shape index (κ1) is 17.8. The van der Waals surface area contributed by atoms with E-state index in [1.807, 2.05) is 0 Å². The number of carbonyl (C=O) groups excluding carboxylic acids is 2. The van der Waals surface area contributed by atoms with Crippen LogP contribution in [0.1, 0.15) is 26.7 Å². The van der Waals surface area contributed by atoms with E-state index in [0.29, 0.717) is 11.4 Å². The topological polar surface area (TPSA) is 105 Å². The van der Waals surface area contributed by atoms with Crippen molar-refractivity contribution in [2.45, 2.75) is 26.7 Å². The molecule has 24 heavy (non-hydrogen) atoms. The van der Waals surface area contributed by atoms with Crippen LogP contribution in [0.15, 0.2) is 24.3 Å². The summed E-state index contributed by atoms with van der Waals surface area (Å²) in [6.45, 7) is 2.85. The van der Waals surface area contributed by atoms with Crippen LogP contribution in [-0.4, -0.2) is 36.0 Å². The van der Waals surface area contributed by atoms with Gasteiger partial charge in [0.1, 0.15) is 5.75 Å². The summed E-state index contributed by atoms with van der Waals surface area (Å²) in [6, 6.07) is 6.81. The highest BCUT2D eigenvalue weighted by Gasteiger charge is 2.29. The molecule has 7 heteroatoms. The highest BCUT2D eigenvalue weighted by Crippen LogP contribution is 2.30. The van der Waals surface area contributed by atoms with Gasteiger partial charge >= 0.3 is 5.97 Å². The van der Waals surface area contributed by atoms with Crippen molar-refractivity contribution in [1.82, 2.24) is 5.32 Å². The largest absolute Gasteiger partial charge is 0.484 e. The standard InChI is InChI=1S/C17H22N2O5/c1-17(2,16(22)23)10-18-14(20)9-24-13-5-3-4-12(8-13)19-15(21)11-6-7-11/h3-5,8,11H,6-7,9-10H2,1-2H3,(H,18,20)(H,19,21)(H,22,23). The maximum Gasteiger partial charge on any atom is 0.310 e. The Hall–Kier alpha value is -2.57. The van der Waals surface area contributed by atoms with Gasteiger partial charge in [-0.15, -0.1) is 0 Å². The van der Waals surface area contributed by atoms with Crippen LogP contribution in [0, 0.1) is 11.3 Å². The van der Waals surface area contributed by atoms with Gasteiger partial charge in [-0.25, -0.2) is 0 Å². The molecule has 0 radical (unpaired) electrons. The Bertz CT molecular complexity index is 638. The van der Waals surface area contributed by atoms with Crippen molar-refractivity contribution in [2.24, 2.45) is 11.3 Å². The van der Waals surface area contributed by atoms with Crippen LogP contribution in [0.2, 0.25) is 0 Å². The number of aliphatic carboxylic acids is 1. The van der Waals surface area contributed by atoms with Crippen LogP contribution in [0.4, 0.5) is 5.69 Å². The second-order valence-electron chi connectivity index (χ2n) is 6.55. The number of ether oxygens (including phenoxy) is 1. The summed E-state index contributed by atoms with van der Waals surface area (Å²) in [4.78, 5) is 34.4. The first-order valence-electron chi connectivity index (χ1n) is 7.82. The molecule has 2 amide bonds. The zero-order valence-corrected chi connectivity index (χ0v) is 13.8. The van der Waals surface area contributed by atoms with E-state index in [2.05, 4.69) is 10.6 Å². The molecule has 0 unspecified atom stereocenters. The summed E-state index contributed by atoms with van der Waals surface area (Å²) in [6.07, 6.45) is 1.85. The van der Waals surface area contributed by atoms with Crippen molar-refractivity contribution < 1.29 is 24.2 Å². The van der Waals surface area contributed by atoms with Crippen molar-refractivity contribution in [3.63, 3.8) is 0 Å². The van der Waals surface area contributed by atoms with Crippen LogP contribution in [-0.2, 0) is 14.4 Å². The van der Waals surface area contributed by atoms with Crippen LogP contribution >= 0.6 is 0 Å². The highest BCUT2D eigenvalue weighted by atomic mass is 16.5. The zero-order valence-electron chi connectivity index (χ0n) is 13.8. The van der Waals surface area contributed by atoms with Crippen molar-refractivity contribution in [3.8, 4) is 5.75 Å². The lowest BCUT2D eigenvalue weighted by Gasteiger charge is -2.19. The van der Waals surface area contributed by atoms with Gasteiger partial charge in [0.15, 0.2) is 6.61 Å². The fourth-order valence-corrected chi connectivity index (χ4v) is 1.85. The number of benzene rings is 1. The Labute approximate surface area is 140 Å². The van der Waals surface area contributed by atoms with Gasteiger partial charge in [-0.1, -0.05) is 6.07 Å². The Balaban J connectivity index is 1.80. The average molecular weight is 334 g/mol. The van der Waals surface area contributed by atoms with Gasteiger partial charge in [-0.2, -0.15) is 0 Å². The van der Waals surface area contributed by atoms with Gasteiger partial charge < -0.3 is 20.5 Å². The Kier molecular flexibility index (Phi) is 5.43. The zero-order chi connectivity index (χ0) is 17.7. The third-order valence-corrected chi connectivity index (χ3v) is 3.73. The molecule has 1 aromatic rings. The molecular weight excluding hydrogens is 312 g/mol. The summed E-state index contributed by atoms with van der Waals surface area (Å²) in [7, 11) is 0. The number of nitrogens with one attached hydrogen (secondary N) is 2. The van der Waals surface area contributed by atoms with Crippen molar-refractivity contribution in [2.75, 3.05) is 18.5 Å². The number of amides is 2. The summed E-state index contributed by atoms with van der Waals surface area (Å²) in [5.74, 6) is -0.824. The molecule has 0 bridgehead atoms. The first-order valence-corrected chi connectivity index (χ1v) is 7.82. The maximum atomic E-state index is 11.7. The molecule has 0 atom stereocenters. The summed E-state index contributed by atoms with van der Waals surface area (Å²) in [5, 5.41) is 14.3. The molecule has 1 aliphatic carbocycles. The number of carboxylic acid groups (broad SMARTS) is 1. The molecule has 3 N–H and O–H groups in total. The van der Waals surface area contributed by atoms with Gasteiger partial charge in [0.25, 0.3) is 5.91 Å². The third kappa shape index (κ3) is 5.26. The Morgan fingerprint density at radius 3 is 2.62 bits per heavy atom. The van der Waals surface area contributed by atoms with Gasteiger partial charge in [-0.3, -0.25) is 14.4 Å². The van der Waals surface area contributed by atoms with Crippen molar-refractivity contribution in [3.05, 3.63) is 24.3 Å². The number of carbonyl (C=O) groups is 3. The molecule has 0 aliphatic heterocycles. The van der Waals surface area contributed by atoms with Crippen LogP contribution in [0.3, 0.4) is 0 Å². The minimum Gasteiger partial charge on any atom is -0.484 e. The fraction of sp³-hybridized carbons (Fsp3) is 0.471. The minimum absolute atomic E-state index is 0.000736. The van der Waals surface area contributed by atoms with Gasteiger partial charge in [0.2, 0.25) is 5.91 Å². The molecule has 0 heterocycles. The highest BCUT2D eigenvalue weighted by molar-refractivity contribution is 5.94. The van der Waals surface area contributed by atoms with Crippen molar-refractivity contribution in [1.29, 1.82) is 0 Å². The first-order chi connectivity index (χ1) is 11.3. The molecule has 1 saturated carbocycles. The summed E-state index contributed by atoms with van der Waals surface area (Å²) < 4.78 is 5.38. The molecule has 0 saturated heterocycles. The fourth-order valence-electron chi connectivity index (χ4n) is 1.85. The molecule has 1 aliphatic rings. The van der Waals surface area contributed by atoms with E-state index in [0.717, 1.165) is 12.8 Å². The smallest absolute Gasteiger partial charge is 0.310 e. The summed E-state index contributed by atoms with van der Waals surface area (Å²) in [5.41, 5.74) is -0.417. The lowest BCUT2D eigenvalue weighted by atomic mass is 9.94. The molecular formula is C17H22N2O5. The second-order valence-corrected chi connectivity index (χ2v) is 6.55. The Morgan fingerprint density at radius 2 is 2.00 bits per heavy atom. The van der Waals surface area contributed by atoms with E-state index < -0.39 is 17.3 Å². The number of carboxylic acids is 1. The van der Waals surface area contributed by atoms with Crippen molar-refractivity contribution >= 4 is 23.5 Å². The van der Waals surface area contributed by atoms with E-state index in [-0.39, 0.29) is 25.0 Å². The molecule has 1 aromatic carbocycles. The predicted molar refractivity (Wildman–Crippen MR) is 87.7 cm³/mol. The van der Waals surface area contributed by atoms with Gasteiger partial charge in [-0.05, 0) is 38.8 Å². The molecule has 1 fully saturated rings. The Morgan fingerprint density at radius 1 is 1.29 bits per heavy atom. The molecule has 7 nitrogen and oxygen atoms in total. The predicted octanol–water partition coefficient (Wildman–Crippen LogP) is 1.64. The normalized spacial score (nSPS) is 13.9. The van der Waals surface area contributed by atoms with Gasteiger partial charge in [0, 0.05) is 24.2 Å². The lowest BCUT2D eigenvalue weighted by molar-refractivity contribution is -0.146.